The fraction of sp³-hybridized carbons (Fsp3) is 0.974. The largest absolute Gasteiger partial charge is 0.463 e. The van der Waals surface area contributed by atoms with E-state index in [9.17, 15) is 61.0 Å². The second-order valence-corrected chi connectivity index (χ2v) is 17.4. The molecule has 6 heterocycles. The fourth-order valence-electron chi connectivity index (χ4n) is 8.58. The molecule has 366 valence electrons. The van der Waals surface area contributed by atoms with Gasteiger partial charge in [-0.05, 0) is 27.7 Å². The number of hydrogen-bond donors (Lipinski definition) is 11. The van der Waals surface area contributed by atoms with E-state index in [0.29, 0.717) is 0 Å². The molecule has 63 heavy (non-hydrogen) atoms. The number of carbonyl (C=O) groups is 1. The number of fused-ring (bicyclic) bond motifs is 1. The highest BCUT2D eigenvalue weighted by Gasteiger charge is 2.59. The van der Waals surface area contributed by atoms with Crippen molar-refractivity contribution in [3.63, 3.8) is 0 Å². The minimum atomic E-state index is -2.16. The third-order valence-electron chi connectivity index (χ3n) is 12.3. The van der Waals surface area contributed by atoms with Crippen molar-refractivity contribution in [3.8, 4) is 0 Å². The number of carbonyl (C=O) groups excluding carboxylic acids is 1. The van der Waals surface area contributed by atoms with Crippen LogP contribution in [-0.2, 0) is 66.4 Å². The molecule has 0 aromatic carbocycles. The number of aliphatic hydroxyl groups is 11. The monoisotopic (exact) mass is 920 g/mol. The van der Waals surface area contributed by atoms with E-state index in [-0.39, 0.29) is 6.61 Å². The summed E-state index contributed by atoms with van der Waals surface area (Å²) in [4.78, 5) is 11.8. The number of methoxy groups -OCH3 is 1. The summed E-state index contributed by atoms with van der Waals surface area (Å²) < 4.78 is 75.2. The van der Waals surface area contributed by atoms with Crippen LogP contribution in [0, 0.1) is 5.92 Å². The Morgan fingerprint density at radius 3 is 1.86 bits per heavy atom. The number of ether oxygens (including phenoxy) is 13. The van der Waals surface area contributed by atoms with Gasteiger partial charge >= 0.3 is 5.97 Å². The van der Waals surface area contributed by atoms with Gasteiger partial charge in [0.25, 0.3) is 0 Å². The Morgan fingerprint density at radius 2 is 1.22 bits per heavy atom. The molecule has 0 aliphatic carbocycles. The highest BCUT2D eigenvalue weighted by Crippen LogP contribution is 2.40. The normalized spacial score (nSPS) is 51.6. The Labute approximate surface area is 362 Å². The molecule has 0 aromatic heterocycles. The lowest BCUT2D eigenvalue weighted by Gasteiger charge is -2.52. The molecule has 6 fully saturated rings. The van der Waals surface area contributed by atoms with Crippen LogP contribution in [0.25, 0.3) is 0 Å². The van der Waals surface area contributed by atoms with Crippen LogP contribution in [0.5, 0.6) is 0 Å². The van der Waals surface area contributed by atoms with Gasteiger partial charge in [0.1, 0.15) is 104 Å². The quantitative estimate of drug-likeness (QED) is 0.0766. The van der Waals surface area contributed by atoms with Crippen LogP contribution in [0.4, 0.5) is 0 Å². The lowest BCUT2D eigenvalue weighted by Crippen LogP contribution is -2.69. The molecule has 0 saturated carbocycles. The van der Waals surface area contributed by atoms with E-state index in [0.717, 1.165) is 6.92 Å². The van der Waals surface area contributed by atoms with Gasteiger partial charge in [0.05, 0.1) is 38.1 Å². The number of aliphatic hydroxyl groups excluding tert-OH is 10. The van der Waals surface area contributed by atoms with Crippen LogP contribution in [0.2, 0.25) is 0 Å². The zero-order valence-corrected chi connectivity index (χ0v) is 35.8. The average Bonchev–Trinajstić information content (AvgIpc) is 3.23. The van der Waals surface area contributed by atoms with Crippen LogP contribution in [0.1, 0.15) is 41.5 Å². The van der Waals surface area contributed by atoms with Crippen molar-refractivity contribution in [3.05, 3.63) is 0 Å². The van der Waals surface area contributed by atoms with Crippen molar-refractivity contribution >= 4 is 5.97 Å². The summed E-state index contributed by atoms with van der Waals surface area (Å²) in [5.74, 6) is -2.64. The summed E-state index contributed by atoms with van der Waals surface area (Å²) in [6.07, 6.45) is -36.7. The summed E-state index contributed by atoms with van der Waals surface area (Å²) >= 11 is 0. The minimum absolute atomic E-state index is 0.0337. The molecule has 0 aromatic rings. The van der Waals surface area contributed by atoms with Crippen LogP contribution in [-0.4, -0.2) is 248 Å². The van der Waals surface area contributed by atoms with E-state index in [4.69, 9.17) is 61.6 Å². The second kappa shape index (κ2) is 20.4. The predicted octanol–water partition coefficient (Wildman–Crippen LogP) is -6.21. The van der Waals surface area contributed by atoms with Gasteiger partial charge in [-0.3, -0.25) is 4.79 Å². The molecule has 0 amide bonds. The standard InChI is InChI=1S/C38H64O25/c1-12-15(8-39)58-36(38(6,50)31(12)49)62-28-16(9-40)55-32(51-7)25(48)29(28)60-35-30(20(43)19(42)17(56-35)10-52-14(3)41)61-33-23(46)21(44)26(13(2)54-33)59-34-24(47)22(45)27-18(57-34)11-53-37(4,5)63-27/h12-13,15-36,39-40,42-50H,8-11H2,1-7H3/t12-,13?,15?,16?,17?,18?,19+,20+,21-,22-,23?,24?,25?,26?,27+,28-,29+,30?,31+,32+,33-,34-,35-,36-,38?/m0/s1. The zero-order valence-electron chi connectivity index (χ0n) is 35.8. The molecule has 11 unspecified atom stereocenters. The molecule has 25 atom stereocenters. The fourth-order valence-corrected chi connectivity index (χ4v) is 8.58. The maximum Gasteiger partial charge on any atom is 0.302 e. The molecular weight excluding hydrogens is 856 g/mol. The molecule has 25 nitrogen and oxygen atoms in total. The van der Waals surface area contributed by atoms with Gasteiger partial charge in [-0.15, -0.1) is 0 Å². The summed E-state index contributed by atoms with van der Waals surface area (Å²) in [6, 6.07) is 0. The van der Waals surface area contributed by atoms with Gasteiger partial charge < -0.3 is 118 Å². The van der Waals surface area contributed by atoms with E-state index >= 15 is 0 Å². The average molecular weight is 921 g/mol. The molecule has 11 N–H and O–H groups in total. The Balaban J connectivity index is 1.24. The second-order valence-electron chi connectivity index (χ2n) is 17.4. The van der Waals surface area contributed by atoms with Crippen molar-refractivity contribution in [2.24, 2.45) is 5.92 Å². The first kappa shape index (κ1) is 51.0. The lowest BCUT2D eigenvalue weighted by molar-refractivity contribution is -0.412. The molecule has 25 heteroatoms. The van der Waals surface area contributed by atoms with Gasteiger partial charge in [-0.1, -0.05) is 6.92 Å². The van der Waals surface area contributed by atoms with Crippen molar-refractivity contribution in [1.82, 2.24) is 0 Å². The smallest absolute Gasteiger partial charge is 0.302 e. The van der Waals surface area contributed by atoms with Gasteiger partial charge in [0.2, 0.25) is 0 Å². The topological polar surface area (TPSA) is 360 Å². The maximum absolute atomic E-state index is 11.8. The van der Waals surface area contributed by atoms with Gasteiger partial charge in [-0.2, -0.15) is 0 Å². The van der Waals surface area contributed by atoms with Gasteiger partial charge in [0.15, 0.2) is 37.2 Å². The Kier molecular flexibility index (Phi) is 16.5. The molecule has 0 spiro atoms. The maximum atomic E-state index is 11.8. The summed E-state index contributed by atoms with van der Waals surface area (Å²) in [7, 11) is 1.17. The van der Waals surface area contributed by atoms with Crippen molar-refractivity contribution in [2.75, 3.05) is 33.5 Å². The van der Waals surface area contributed by atoms with E-state index in [1.165, 1.54) is 27.9 Å². The third kappa shape index (κ3) is 10.5. The van der Waals surface area contributed by atoms with Crippen LogP contribution >= 0.6 is 0 Å². The van der Waals surface area contributed by atoms with Crippen molar-refractivity contribution < 1.29 is 123 Å². The minimum Gasteiger partial charge on any atom is -0.463 e. The number of rotatable bonds is 13. The molecule has 6 aliphatic rings. The molecule has 0 bridgehead atoms. The molecule has 6 rings (SSSR count). The Hall–Kier alpha value is -1.45. The Morgan fingerprint density at radius 1 is 0.635 bits per heavy atom. The van der Waals surface area contributed by atoms with Crippen molar-refractivity contribution in [2.45, 2.75) is 194 Å². The van der Waals surface area contributed by atoms with Gasteiger partial charge in [-0.25, -0.2) is 0 Å². The summed E-state index contributed by atoms with van der Waals surface area (Å²) in [6.45, 7) is 6.39. The van der Waals surface area contributed by atoms with E-state index in [1.54, 1.807) is 13.8 Å². The van der Waals surface area contributed by atoms with Crippen LogP contribution in [0.3, 0.4) is 0 Å². The highest BCUT2D eigenvalue weighted by molar-refractivity contribution is 5.65. The van der Waals surface area contributed by atoms with Crippen molar-refractivity contribution in [1.29, 1.82) is 0 Å². The highest BCUT2D eigenvalue weighted by atomic mass is 16.8. The zero-order chi connectivity index (χ0) is 46.5. The van der Waals surface area contributed by atoms with Gasteiger partial charge in [0, 0.05) is 20.0 Å². The van der Waals surface area contributed by atoms with E-state index in [1.807, 2.05) is 0 Å². The predicted molar refractivity (Wildman–Crippen MR) is 199 cm³/mol. The van der Waals surface area contributed by atoms with Crippen LogP contribution in [0.15, 0.2) is 0 Å². The number of hydrogen-bond acceptors (Lipinski definition) is 25. The molecular formula is C38H64O25. The third-order valence-corrected chi connectivity index (χ3v) is 12.3. The SMILES string of the molecule is CO[C@@H]1OC(CO)[C@H](O[C@@H]2OC(CO)[C@H](C)[C@@H](O)C2(C)O)[C@H](O[C@@H]2OC(COC(C)=O)[C@@H](O)[C@@H](O)C2O[C@@H]2OC(C)C(O[C@@H]3OC4COC(C)(C)O[C@H]4[C@@H](O)C3O)[C@@H](O)C2O)C1O. The van der Waals surface area contributed by atoms with E-state index in [2.05, 4.69) is 0 Å². The van der Waals surface area contributed by atoms with Crippen LogP contribution < -0.4 is 0 Å². The number of esters is 1. The first-order valence-electron chi connectivity index (χ1n) is 20.8. The molecule has 0 radical (unpaired) electrons. The summed E-state index contributed by atoms with van der Waals surface area (Å²) in [5, 5.41) is 122. The summed E-state index contributed by atoms with van der Waals surface area (Å²) in [5.41, 5.74) is -2.16. The lowest BCUT2D eigenvalue weighted by atomic mass is 9.82. The van der Waals surface area contributed by atoms with E-state index < -0.39 is 184 Å². The molecule has 6 saturated heterocycles. The first-order valence-corrected chi connectivity index (χ1v) is 20.8. The Bertz CT molecular complexity index is 1490. The first-order chi connectivity index (χ1) is 29.5. The molecule has 6 aliphatic heterocycles.